The van der Waals surface area contributed by atoms with Crippen LogP contribution >= 0.6 is 0 Å². The standard InChI is InChI=1S/C15H22N2O2S/c16-12-14-6-8-15(9-7-14)20(18,19)17-11-10-13-4-2-1-3-5-13/h4,6-9,17H,1-3,5,10-12,16H2. The average Bonchev–Trinajstić information content (AvgIpc) is 2.48. The molecular formula is C15H22N2O2S. The molecule has 3 N–H and O–H groups in total. The lowest BCUT2D eigenvalue weighted by Crippen LogP contribution is -2.25. The summed E-state index contributed by atoms with van der Waals surface area (Å²) in [5.41, 5.74) is 7.80. The van der Waals surface area contributed by atoms with E-state index in [4.69, 9.17) is 5.73 Å². The van der Waals surface area contributed by atoms with Crippen molar-refractivity contribution in [2.24, 2.45) is 5.73 Å². The van der Waals surface area contributed by atoms with Crippen LogP contribution in [0.2, 0.25) is 0 Å². The summed E-state index contributed by atoms with van der Waals surface area (Å²) >= 11 is 0. The molecule has 1 aromatic rings. The van der Waals surface area contributed by atoms with Gasteiger partial charge in [0.05, 0.1) is 4.90 Å². The molecule has 0 aliphatic heterocycles. The first-order valence-corrected chi connectivity index (χ1v) is 8.57. The molecule has 0 spiro atoms. The van der Waals surface area contributed by atoms with Crippen molar-refractivity contribution in [1.82, 2.24) is 4.72 Å². The summed E-state index contributed by atoms with van der Waals surface area (Å²) in [7, 11) is -3.40. The minimum Gasteiger partial charge on any atom is -0.326 e. The number of allylic oxidation sites excluding steroid dienone is 1. The van der Waals surface area contributed by atoms with Crippen LogP contribution in [0.5, 0.6) is 0 Å². The first kappa shape index (κ1) is 15.2. The lowest BCUT2D eigenvalue weighted by molar-refractivity contribution is 0.579. The Morgan fingerprint density at radius 3 is 2.50 bits per heavy atom. The molecule has 0 saturated carbocycles. The third kappa shape index (κ3) is 4.16. The van der Waals surface area contributed by atoms with Crippen LogP contribution in [-0.2, 0) is 16.6 Å². The quantitative estimate of drug-likeness (QED) is 0.791. The molecule has 0 saturated heterocycles. The summed E-state index contributed by atoms with van der Waals surface area (Å²) in [5, 5.41) is 0. The zero-order valence-electron chi connectivity index (χ0n) is 11.6. The first-order valence-electron chi connectivity index (χ1n) is 7.08. The molecule has 0 bridgehead atoms. The predicted molar refractivity (Wildman–Crippen MR) is 80.7 cm³/mol. The summed E-state index contributed by atoms with van der Waals surface area (Å²) < 4.78 is 26.9. The lowest BCUT2D eigenvalue weighted by atomic mass is 9.97. The van der Waals surface area contributed by atoms with E-state index in [1.807, 2.05) is 0 Å². The van der Waals surface area contributed by atoms with Gasteiger partial charge in [0, 0.05) is 13.1 Å². The molecule has 20 heavy (non-hydrogen) atoms. The number of rotatable bonds is 6. The highest BCUT2D eigenvalue weighted by atomic mass is 32.2. The minimum atomic E-state index is -3.40. The zero-order chi connectivity index (χ0) is 14.4. The second kappa shape index (κ2) is 7.02. The van der Waals surface area contributed by atoms with E-state index in [0.717, 1.165) is 24.8 Å². The minimum absolute atomic E-state index is 0.298. The third-order valence-electron chi connectivity index (χ3n) is 3.59. The van der Waals surface area contributed by atoms with Crippen LogP contribution in [0.1, 0.15) is 37.7 Å². The van der Waals surface area contributed by atoms with E-state index in [0.29, 0.717) is 18.0 Å². The predicted octanol–water partition coefficient (Wildman–Crippen LogP) is 2.31. The fraction of sp³-hybridized carbons (Fsp3) is 0.467. The summed E-state index contributed by atoms with van der Waals surface area (Å²) in [5.74, 6) is 0. The summed E-state index contributed by atoms with van der Waals surface area (Å²) in [6, 6.07) is 6.70. The van der Waals surface area contributed by atoms with Crippen LogP contribution in [0.4, 0.5) is 0 Å². The van der Waals surface area contributed by atoms with Crippen molar-refractivity contribution in [3.8, 4) is 0 Å². The van der Waals surface area contributed by atoms with E-state index in [-0.39, 0.29) is 0 Å². The van der Waals surface area contributed by atoms with E-state index in [2.05, 4.69) is 10.8 Å². The maximum absolute atomic E-state index is 12.1. The van der Waals surface area contributed by atoms with E-state index in [9.17, 15) is 8.42 Å². The molecule has 0 heterocycles. The van der Waals surface area contributed by atoms with Gasteiger partial charge in [0.1, 0.15) is 0 Å². The van der Waals surface area contributed by atoms with Crippen molar-refractivity contribution in [1.29, 1.82) is 0 Å². The van der Waals surface area contributed by atoms with Crippen LogP contribution in [0, 0.1) is 0 Å². The Balaban J connectivity index is 1.91. The number of nitrogens with one attached hydrogen (secondary N) is 1. The van der Waals surface area contributed by atoms with Crippen LogP contribution in [0.3, 0.4) is 0 Å². The van der Waals surface area contributed by atoms with Crippen LogP contribution in [-0.4, -0.2) is 15.0 Å². The Bertz CT molecular complexity index is 562. The van der Waals surface area contributed by atoms with Crippen molar-refractivity contribution >= 4 is 10.0 Å². The van der Waals surface area contributed by atoms with Crippen molar-refractivity contribution in [2.75, 3.05) is 6.54 Å². The molecule has 5 heteroatoms. The maximum Gasteiger partial charge on any atom is 0.240 e. The largest absolute Gasteiger partial charge is 0.326 e. The molecule has 1 aliphatic carbocycles. The van der Waals surface area contributed by atoms with Crippen molar-refractivity contribution in [3.05, 3.63) is 41.5 Å². The van der Waals surface area contributed by atoms with Gasteiger partial charge in [0.15, 0.2) is 0 Å². The second-order valence-electron chi connectivity index (χ2n) is 5.10. The molecular weight excluding hydrogens is 272 g/mol. The summed E-state index contributed by atoms with van der Waals surface area (Å²) in [6.07, 6.45) is 7.76. The summed E-state index contributed by atoms with van der Waals surface area (Å²) in [4.78, 5) is 0.298. The molecule has 0 fully saturated rings. The molecule has 1 aliphatic rings. The van der Waals surface area contributed by atoms with Crippen molar-refractivity contribution in [3.63, 3.8) is 0 Å². The Kier molecular flexibility index (Phi) is 5.34. The van der Waals surface area contributed by atoms with Crippen molar-refractivity contribution < 1.29 is 8.42 Å². The molecule has 110 valence electrons. The van der Waals surface area contributed by atoms with Crippen LogP contribution in [0.15, 0.2) is 40.8 Å². The second-order valence-corrected chi connectivity index (χ2v) is 6.87. The molecule has 0 radical (unpaired) electrons. The molecule has 1 aromatic carbocycles. The fourth-order valence-electron chi connectivity index (χ4n) is 2.37. The molecule has 2 rings (SSSR count). The Hall–Kier alpha value is -1.17. The van der Waals surface area contributed by atoms with E-state index in [1.165, 1.54) is 18.4 Å². The topological polar surface area (TPSA) is 72.2 Å². The van der Waals surface area contributed by atoms with Gasteiger partial charge < -0.3 is 5.73 Å². The monoisotopic (exact) mass is 294 g/mol. The van der Waals surface area contributed by atoms with Gasteiger partial charge in [-0.3, -0.25) is 0 Å². The fourth-order valence-corrected chi connectivity index (χ4v) is 3.40. The van der Waals surface area contributed by atoms with Gasteiger partial charge in [0.25, 0.3) is 0 Å². The Labute approximate surface area is 121 Å². The van der Waals surface area contributed by atoms with E-state index < -0.39 is 10.0 Å². The maximum atomic E-state index is 12.1. The number of sulfonamides is 1. The summed E-state index contributed by atoms with van der Waals surface area (Å²) in [6.45, 7) is 0.884. The van der Waals surface area contributed by atoms with E-state index >= 15 is 0 Å². The Morgan fingerprint density at radius 1 is 1.15 bits per heavy atom. The van der Waals surface area contributed by atoms with Gasteiger partial charge in [-0.1, -0.05) is 23.8 Å². The lowest BCUT2D eigenvalue weighted by Gasteiger charge is -2.13. The van der Waals surface area contributed by atoms with Crippen LogP contribution in [0.25, 0.3) is 0 Å². The highest BCUT2D eigenvalue weighted by Gasteiger charge is 2.13. The Morgan fingerprint density at radius 2 is 1.90 bits per heavy atom. The molecule has 0 unspecified atom stereocenters. The number of nitrogens with two attached hydrogens (primary N) is 1. The smallest absolute Gasteiger partial charge is 0.240 e. The normalized spacial score (nSPS) is 15.9. The SMILES string of the molecule is NCc1ccc(S(=O)(=O)NCCC2=CCCCC2)cc1. The van der Waals surface area contributed by atoms with E-state index in [1.54, 1.807) is 24.3 Å². The van der Waals surface area contributed by atoms with Gasteiger partial charge in [-0.25, -0.2) is 13.1 Å². The first-order chi connectivity index (χ1) is 9.62. The van der Waals surface area contributed by atoms with Crippen LogP contribution < -0.4 is 10.5 Å². The van der Waals surface area contributed by atoms with Gasteiger partial charge in [-0.05, 0) is 49.8 Å². The average molecular weight is 294 g/mol. The van der Waals surface area contributed by atoms with Gasteiger partial charge in [0.2, 0.25) is 10.0 Å². The highest BCUT2D eigenvalue weighted by Crippen LogP contribution is 2.19. The number of benzene rings is 1. The van der Waals surface area contributed by atoms with Gasteiger partial charge in [-0.15, -0.1) is 0 Å². The zero-order valence-corrected chi connectivity index (χ0v) is 12.5. The molecule has 4 nitrogen and oxygen atoms in total. The third-order valence-corrected chi connectivity index (χ3v) is 5.07. The molecule has 0 atom stereocenters. The number of hydrogen-bond donors (Lipinski definition) is 2. The number of hydrogen-bond acceptors (Lipinski definition) is 3. The molecule has 0 amide bonds. The highest BCUT2D eigenvalue weighted by molar-refractivity contribution is 7.89. The molecule has 0 aromatic heterocycles. The van der Waals surface area contributed by atoms with Gasteiger partial charge in [-0.2, -0.15) is 0 Å². The van der Waals surface area contributed by atoms with Gasteiger partial charge >= 0.3 is 0 Å². The van der Waals surface area contributed by atoms with Crippen molar-refractivity contribution in [2.45, 2.75) is 43.5 Å².